The van der Waals surface area contributed by atoms with Gasteiger partial charge in [0, 0.05) is 24.4 Å². The minimum absolute atomic E-state index is 0.0749. The highest BCUT2D eigenvalue weighted by Gasteiger charge is 2.38. The first-order valence-corrected chi connectivity index (χ1v) is 6.67. The Hall–Kier alpha value is -1.79. The Bertz CT molecular complexity index is 513. The fraction of sp³-hybridized carbons (Fsp3) is 0.438. The van der Waals surface area contributed by atoms with Crippen LogP contribution in [0, 0.1) is 23.7 Å². The van der Waals surface area contributed by atoms with Crippen molar-refractivity contribution in [1.29, 1.82) is 0 Å². The third kappa shape index (κ3) is 3.84. The van der Waals surface area contributed by atoms with E-state index in [1.165, 1.54) is 0 Å². The molecule has 100 valence electrons. The Kier molecular flexibility index (Phi) is 4.59. The van der Waals surface area contributed by atoms with Crippen LogP contribution in [-0.4, -0.2) is 17.6 Å². The molecule has 2 N–H and O–H groups in total. The van der Waals surface area contributed by atoms with E-state index in [-0.39, 0.29) is 18.4 Å². The number of aliphatic hydroxyl groups excluding tert-OH is 1. The molecule has 1 aromatic carbocycles. The zero-order chi connectivity index (χ0) is 13.7. The van der Waals surface area contributed by atoms with Crippen molar-refractivity contribution >= 4 is 5.91 Å². The fourth-order valence-electron chi connectivity index (χ4n) is 2.01. The number of amides is 1. The van der Waals surface area contributed by atoms with Crippen LogP contribution in [0.5, 0.6) is 0 Å². The number of carbonyl (C=O) groups excluding carboxylic acids is 1. The molecular weight excluding hydrogens is 238 g/mol. The summed E-state index contributed by atoms with van der Waals surface area (Å²) >= 11 is 0. The summed E-state index contributed by atoms with van der Waals surface area (Å²) in [6.45, 7) is 2.69. The monoisotopic (exact) mass is 257 g/mol. The molecule has 1 amide bonds. The van der Waals surface area contributed by atoms with Gasteiger partial charge in [0.15, 0.2) is 0 Å². The van der Waals surface area contributed by atoms with Gasteiger partial charge in [-0.1, -0.05) is 37.0 Å². The Balaban J connectivity index is 1.96. The van der Waals surface area contributed by atoms with Gasteiger partial charge in [-0.25, -0.2) is 0 Å². The smallest absolute Gasteiger partial charge is 0.223 e. The number of hydrogen-bond acceptors (Lipinski definition) is 2. The van der Waals surface area contributed by atoms with Gasteiger partial charge >= 0.3 is 0 Å². The van der Waals surface area contributed by atoms with Crippen molar-refractivity contribution in [2.75, 3.05) is 6.61 Å². The van der Waals surface area contributed by atoms with Crippen LogP contribution in [0.4, 0.5) is 0 Å². The lowest BCUT2D eigenvalue weighted by atomic mass is 10.1. The number of benzene rings is 1. The molecule has 3 heteroatoms. The van der Waals surface area contributed by atoms with Gasteiger partial charge in [-0.3, -0.25) is 4.79 Å². The lowest BCUT2D eigenvalue weighted by Gasteiger charge is -2.06. The Morgan fingerprint density at radius 3 is 2.89 bits per heavy atom. The molecule has 0 bridgehead atoms. The molecule has 1 aliphatic carbocycles. The minimum atomic E-state index is 0.0749. The standard InChI is InChI=1S/C16H19NO2/c1-12-10-15(12)16(19)17-11-14-8-3-2-6-13(14)7-4-5-9-18/h2-3,6,8,12,15,18H,5,9-11H2,1H3,(H,17,19). The van der Waals surface area contributed by atoms with E-state index in [0.29, 0.717) is 18.9 Å². The van der Waals surface area contributed by atoms with Crippen LogP contribution >= 0.6 is 0 Å². The molecular formula is C16H19NO2. The number of aliphatic hydroxyl groups is 1. The molecule has 2 atom stereocenters. The quantitative estimate of drug-likeness (QED) is 0.806. The van der Waals surface area contributed by atoms with E-state index in [2.05, 4.69) is 24.1 Å². The first-order valence-electron chi connectivity index (χ1n) is 6.67. The van der Waals surface area contributed by atoms with Gasteiger partial charge in [0.05, 0.1) is 6.61 Å². The van der Waals surface area contributed by atoms with Crippen LogP contribution in [0.25, 0.3) is 0 Å². The highest BCUT2D eigenvalue weighted by Crippen LogP contribution is 2.37. The van der Waals surface area contributed by atoms with Gasteiger partial charge in [-0.15, -0.1) is 0 Å². The van der Waals surface area contributed by atoms with Crippen LogP contribution < -0.4 is 5.32 Å². The van der Waals surface area contributed by atoms with Crippen LogP contribution in [0.3, 0.4) is 0 Å². The van der Waals surface area contributed by atoms with E-state index < -0.39 is 0 Å². The van der Waals surface area contributed by atoms with E-state index >= 15 is 0 Å². The maximum Gasteiger partial charge on any atom is 0.223 e. The Morgan fingerprint density at radius 2 is 2.21 bits per heavy atom. The maximum absolute atomic E-state index is 11.8. The molecule has 19 heavy (non-hydrogen) atoms. The summed E-state index contributed by atoms with van der Waals surface area (Å²) in [5, 5.41) is 11.7. The second-order valence-electron chi connectivity index (χ2n) is 4.97. The molecule has 0 aromatic heterocycles. The van der Waals surface area contributed by atoms with E-state index in [1.807, 2.05) is 24.3 Å². The molecule has 0 radical (unpaired) electrons. The fourth-order valence-corrected chi connectivity index (χ4v) is 2.01. The van der Waals surface area contributed by atoms with Crippen LogP contribution in [-0.2, 0) is 11.3 Å². The van der Waals surface area contributed by atoms with Crippen molar-refractivity contribution < 1.29 is 9.90 Å². The van der Waals surface area contributed by atoms with Gasteiger partial charge in [-0.2, -0.15) is 0 Å². The summed E-state index contributed by atoms with van der Waals surface area (Å²) in [6, 6.07) is 7.78. The molecule has 0 heterocycles. The van der Waals surface area contributed by atoms with Crippen LogP contribution in [0.1, 0.15) is 30.9 Å². The summed E-state index contributed by atoms with van der Waals surface area (Å²) in [5.74, 6) is 6.81. The van der Waals surface area contributed by atoms with Crippen LogP contribution in [0.15, 0.2) is 24.3 Å². The number of rotatable bonds is 4. The number of hydrogen-bond donors (Lipinski definition) is 2. The Morgan fingerprint density at radius 1 is 1.47 bits per heavy atom. The summed E-state index contributed by atoms with van der Waals surface area (Å²) in [5.41, 5.74) is 1.94. The number of carbonyl (C=O) groups is 1. The highest BCUT2D eigenvalue weighted by atomic mass is 16.2. The second-order valence-corrected chi connectivity index (χ2v) is 4.97. The first-order chi connectivity index (χ1) is 9.22. The maximum atomic E-state index is 11.8. The molecule has 0 spiro atoms. The molecule has 3 nitrogen and oxygen atoms in total. The summed E-state index contributed by atoms with van der Waals surface area (Å²) in [7, 11) is 0. The summed E-state index contributed by atoms with van der Waals surface area (Å²) in [4.78, 5) is 11.8. The molecule has 1 aliphatic rings. The average molecular weight is 257 g/mol. The molecule has 1 fully saturated rings. The third-order valence-corrected chi connectivity index (χ3v) is 3.38. The van der Waals surface area contributed by atoms with Gasteiger partial charge in [0.2, 0.25) is 5.91 Å². The zero-order valence-electron chi connectivity index (χ0n) is 11.1. The van der Waals surface area contributed by atoms with Gasteiger partial charge in [0.1, 0.15) is 0 Å². The van der Waals surface area contributed by atoms with Gasteiger partial charge < -0.3 is 10.4 Å². The molecule has 2 rings (SSSR count). The molecule has 1 saturated carbocycles. The summed E-state index contributed by atoms with van der Waals surface area (Å²) in [6.07, 6.45) is 1.48. The van der Waals surface area contributed by atoms with Crippen molar-refractivity contribution in [2.45, 2.75) is 26.3 Å². The van der Waals surface area contributed by atoms with Gasteiger partial charge in [-0.05, 0) is 24.0 Å². The van der Waals surface area contributed by atoms with Crippen LogP contribution in [0.2, 0.25) is 0 Å². The first kappa shape index (κ1) is 13.6. The highest BCUT2D eigenvalue weighted by molar-refractivity contribution is 5.81. The minimum Gasteiger partial charge on any atom is -0.395 e. The average Bonchev–Trinajstić information content (AvgIpc) is 3.15. The molecule has 0 aliphatic heterocycles. The Labute approximate surface area is 114 Å². The van der Waals surface area contributed by atoms with E-state index in [9.17, 15) is 4.79 Å². The van der Waals surface area contributed by atoms with E-state index in [4.69, 9.17) is 5.11 Å². The molecule has 0 saturated heterocycles. The largest absolute Gasteiger partial charge is 0.395 e. The predicted octanol–water partition coefficient (Wildman–Crippen LogP) is 1.69. The van der Waals surface area contributed by atoms with E-state index in [1.54, 1.807) is 0 Å². The van der Waals surface area contributed by atoms with Crippen molar-refractivity contribution in [2.24, 2.45) is 11.8 Å². The van der Waals surface area contributed by atoms with Crippen molar-refractivity contribution in [1.82, 2.24) is 5.32 Å². The SMILES string of the molecule is CC1CC1C(=O)NCc1ccccc1C#CCCO. The zero-order valence-corrected chi connectivity index (χ0v) is 11.1. The topological polar surface area (TPSA) is 49.3 Å². The van der Waals surface area contributed by atoms with Gasteiger partial charge in [0.25, 0.3) is 0 Å². The van der Waals surface area contributed by atoms with Crippen molar-refractivity contribution in [3.63, 3.8) is 0 Å². The summed E-state index contributed by atoms with van der Waals surface area (Å²) < 4.78 is 0. The van der Waals surface area contributed by atoms with E-state index in [0.717, 1.165) is 17.5 Å². The lowest BCUT2D eigenvalue weighted by molar-refractivity contribution is -0.122. The predicted molar refractivity (Wildman–Crippen MR) is 74.1 cm³/mol. The van der Waals surface area contributed by atoms with Crippen molar-refractivity contribution in [3.8, 4) is 11.8 Å². The van der Waals surface area contributed by atoms with Crippen molar-refractivity contribution in [3.05, 3.63) is 35.4 Å². The second kappa shape index (κ2) is 6.40. The molecule has 1 aromatic rings. The third-order valence-electron chi connectivity index (χ3n) is 3.38. The molecule has 2 unspecified atom stereocenters. The lowest BCUT2D eigenvalue weighted by Crippen LogP contribution is -2.25. The normalized spacial score (nSPS) is 20.3. The number of nitrogens with one attached hydrogen (secondary N) is 1.